The van der Waals surface area contributed by atoms with Crippen LogP contribution in [0.25, 0.3) is 17.1 Å². The van der Waals surface area contributed by atoms with Crippen molar-refractivity contribution in [3.05, 3.63) is 54.4 Å². The van der Waals surface area contributed by atoms with Gasteiger partial charge in [-0.15, -0.1) is 0 Å². The van der Waals surface area contributed by atoms with Gasteiger partial charge in [-0.05, 0) is 48.4 Å². The molecule has 0 saturated heterocycles. The minimum absolute atomic E-state index is 0.158. The molecule has 0 bridgehead atoms. The van der Waals surface area contributed by atoms with E-state index >= 15 is 0 Å². The zero-order valence-electron chi connectivity index (χ0n) is 16.8. The first-order chi connectivity index (χ1) is 14.2. The number of amides is 1. The van der Waals surface area contributed by atoms with Crippen LogP contribution in [0.15, 0.2) is 48.8 Å². The van der Waals surface area contributed by atoms with Gasteiger partial charge in [-0.2, -0.15) is 0 Å². The van der Waals surface area contributed by atoms with Crippen molar-refractivity contribution >= 4 is 23.0 Å². The summed E-state index contributed by atoms with van der Waals surface area (Å²) in [5, 5.41) is 4.01. The molecule has 2 aromatic heterocycles. The monoisotopic (exact) mass is 395 g/mol. The molecule has 0 aliphatic carbocycles. The van der Waals surface area contributed by atoms with E-state index in [0.29, 0.717) is 23.8 Å². The van der Waals surface area contributed by atoms with Crippen molar-refractivity contribution in [2.75, 3.05) is 27.9 Å². The van der Waals surface area contributed by atoms with Crippen LogP contribution in [-0.2, 0) is 11.3 Å². The second-order valence-electron chi connectivity index (χ2n) is 6.36. The Morgan fingerprint density at radius 2 is 1.90 bits per heavy atom. The van der Waals surface area contributed by atoms with E-state index in [0.717, 1.165) is 29.6 Å². The van der Waals surface area contributed by atoms with Crippen LogP contribution in [-0.4, -0.2) is 43.3 Å². The lowest BCUT2D eigenvalue weighted by molar-refractivity contribution is -0.116. The molecule has 0 radical (unpaired) electrons. The summed E-state index contributed by atoms with van der Waals surface area (Å²) in [6, 6.07) is 9.58. The predicted octanol–water partition coefficient (Wildman–Crippen LogP) is 3.28. The number of carbonyl (C=O) groups excluding carboxylic acids is 1. The molecule has 7 heteroatoms. The number of aromatic nitrogens is 2. The van der Waals surface area contributed by atoms with Gasteiger partial charge in [-0.1, -0.05) is 0 Å². The van der Waals surface area contributed by atoms with Crippen molar-refractivity contribution in [3.63, 3.8) is 0 Å². The van der Waals surface area contributed by atoms with Gasteiger partial charge in [-0.25, -0.2) is 4.98 Å². The van der Waals surface area contributed by atoms with E-state index in [1.165, 1.54) is 6.08 Å². The van der Waals surface area contributed by atoms with Crippen LogP contribution in [0.1, 0.15) is 12.0 Å². The molecular weight excluding hydrogens is 370 g/mol. The molecule has 2 heterocycles. The second-order valence-corrected chi connectivity index (χ2v) is 6.36. The topological polar surface area (TPSA) is 74.6 Å². The van der Waals surface area contributed by atoms with Gasteiger partial charge in [0, 0.05) is 36.9 Å². The van der Waals surface area contributed by atoms with Crippen molar-refractivity contribution in [1.82, 2.24) is 14.9 Å². The fourth-order valence-corrected chi connectivity index (χ4v) is 3.09. The highest BCUT2D eigenvalue weighted by atomic mass is 16.5. The number of carbonyl (C=O) groups is 1. The van der Waals surface area contributed by atoms with Crippen LogP contribution in [0.3, 0.4) is 0 Å². The normalized spacial score (nSPS) is 11.0. The number of benzene rings is 1. The maximum atomic E-state index is 12.1. The summed E-state index contributed by atoms with van der Waals surface area (Å²) >= 11 is 0. The number of hydrogen-bond acceptors (Lipinski definition) is 5. The first kappa shape index (κ1) is 20.3. The molecule has 3 aromatic rings. The van der Waals surface area contributed by atoms with Crippen molar-refractivity contribution in [2.24, 2.45) is 0 Å². The summed E-state index contributed by atoms with van der Waals surface area (Å²) in [4.78, 5) is 16.5. The van der Waals surface area contributed by atoms with Gasteiger partial charge in [-0.3, -0.25) is 4.79 Å². The summed E-state index contributed by atoms with van der Waals surface area (Å²) in [5.41, 5.74) is 1.74. The Morgan fingerprint density at radius 3 is 2.59 bits per heavy atom. The predicted molar refractivity (Wildman–Crippen MR) is 112 cm³/mol. The summed E-state index contributed by atoms with van der Waals surface area (Å²) < 4.78 is 18.0. The maximum Gasteiger partial charge on any atom is 0.244 e. The molecule has 0 fully saturated rings. The van der Waals surface area contributed by atoms with Gasteiger partial charge < -0.3 is 24.1 Å². The van der Waals surface area contributed by atoms with Crippen LogP contribution >= 0.6 is 0 Å². The number of pyridine rings is 1. The molecule has 1 aromatic carbocycles. The van der Waals surface area contributed by atoms with Crippen molar-refractivity contribution in [3.8, 4) is 17.2 Å². The summed E-state index contributed by atoms with van der Waals surface area (Å²) in [6.45, 7) is 1.36. The molecule has 29 heavy (non-hydrogen) atoms. The molecular formula is C22H25N3O4. The zero-order chi connectivity index (χ0) is 20.6. The molecule has 1 amide bonds. The molecule has 0 spiro atoms. The third-order valence-corrected chi connectivity index (χ3v) is 4.51. The number of fused-ring (bicyclic) bond motifs is 1. The van der Waals surface area contributed by atoms with E-state index in [1.807, 2.05) is 24.4 Å². The standard InChI is InChI=1S/C22H25N3O4/c1-27-18-14-16(15-19(28-2)21(18)29-3)7-8-20(26)23-11-5-12-25-13-9-17-6-4-10-24-22(17)25/h4,6-10,13-15H,5,11-12H2,1-3H3,(H,23,26)/b8-7+. The lowest BCUT2D eigenvalue weighted by Crippen LogP contribution is -2.23. The van der Waals surface area contributed by atoms with Gasteiger partial charge in [0.1, 0.15) is 5.65 Å². The molecule has 7 nitrogen and oxygen atoms in total. The van der Waals surface area contributed by atoms with Crippen LogP contribution in [0, 0.1) is 0 Å². The lowest BCUT2D eigenvalue weighted by atomic mass is 10.1. The minimum atomic E-state index is -0.158. The molecule has 152 valence electrons. The largest absolute Gasteiger partial charge is 0.493 e. The smallest absolute Gasteiger partial charge is 0.244 e. The highest BCUT2D eigenvalue weighted by Gasteiger charge is 2.12. The van der Waals surface area contributed by atoms with Gasteiger partial charge in [0.2, 0.25) is 11.7 Å². The Labute approximate surface area is 169 Å². The van der Waals surface area contributed by atoms with Crippen molar-refractivity contribution in [2.45, 2.75) is 13.0 Å². The third-order valence-electron chi connectivity index (χ3n) is 4.51. The fraction of sp³-hybridized carbons (Fsp3) is 0.273. The molecule has 3 rings (SSSR count). The zero-order valence-corrected chi connectivity index (χ0v) is 16.8. The quantitative estimate of drug-likeness (QED) is 0.445. The Morgan fingerprint density at radius 1 is 1.14 bits per heavy atom. The van der Waals surface area contributed by atoms with Gasteiger partial charge in [0.15, 0.2) is 11.5 Å². The number of ether oxygens (including phenoxy) is 3. The van der Waals surface area contributed by atoms with E-state index < -0.39 is 0 Å². The van der Waals surface area contributed by atoms with Gasteiger partial charge in [0.25, 0.3) is 0 Å². The average molecular weight is 395 g/mol. The Bertz CT molecular complexity index is 985. The van der Waals surface area contributed by atoms with Crippen LogP contribution in [0.5, 0.6) is 17.2 Å². The van der Waals surface area contributed by atoms with Crippen LogP contribution in [0.2, 0.25) is 0 Å². The summed E-state index contributed by atoms with van der Waals surface area (Å²) in [5.74, 6) is 1.44. The van der Waals surface area contributed by atoms with Crippen LogP contribution in [0.4, 0.5) is 0 Å². The first-order valence-electron chi connectivity index (χ1n) is 9.32. The molecule has 0 aliphatic rings. The maximum absolute atomic E-state index is 12.1. The van der Waals surface area contributed by atoms with Crippen molar-refractivity contribution in [1.29, 1.82) is 0 Å². The summed E-state index contributed by atoms with van der Waals surface area (Å²) in [6.07, 6.45) is 7.82. The number of nitrogens with one attached hydrogen (secondary N) is 1. The van der Waals surface area contributed by atoms with E-state index in [2.05, 4.69) is 14.9 Å². The van der Waals surface area contributed by atoms with E-state index in [1.54, 1.807) is 45.7 Å². The SMILES string of the molecule is COc1cc(/C=C/C(=O)NCCCn2ccc3cccnc32)cc(OC)c1OC. The fourth-order valence-electron chi connectivity index (χ4n) is 3.09. The number of rotatable bonds is 9. The minimum Gasteiger partial charge on any atom is -0.493 e. The van der Waals surface area contributed by atoms with E-state index in [-0.39, 0.29) is 5.91 Å². The molecule has 0 saturated carbocycles. The first-order valence-corrected chi connectivity index (χ1v) is 9.32. The molecule has 0 atom stereocenters. The lowest BCUT2D eigenvalue weighted by Gasteiger charge is -2.12. The van der Waals surface area contributed by atoms with Crippen LogP contribution < -0.4 is 19.5 Å². The van der Waals surface area contributed by atoms with E-state index in [4.69, 9.17) is 14.2 Å². The third kappa shape index (κ3) is 4.87. The molecule has 0 aliphatic heterocycles. The highest BCUT2D eigenvalue weighted by molar-refractivity contribution is 5.91. The molecule has 1 N–H and O–H groups in total. The Balaban J connectivity index is 1.53. The molecule has 0 unspecified atom stereocenters. The number of aryl methyl sites for hydroxylation is 1. The van der Waals surface area contributed by atoms with E-state index in [9.17, 15) is 4.79 Å². The van der Waals surface area contributed by atoms with Gasteiger partial charge in [0.05, 0.1) is 21.3 Å². The number of methoxy groups -OCH3 is 3. The highest BCUT2D eigenvalue weighted by Crippen LogP contribution is 2.38. The van der Waals surface area contributed by atoms with Crippen molar-refractivity contribution < 1.29 is 19.0 Å². The van der Waals surface area contributed by atoms with Gasteiger partial charge >= 0.3 is 0 Å². The number of nitrogens with zero attached hydrogens (tertiary/aromatic N) is 2. The Hall–Kier alpha value is -3.48. The number of hydrogen-bond donors (Lipinski definition) is 1. The Kier molecular flexibility index (Phi) is 6.73. The second kappa shape index (κ2) is 9.64. The average Bonchev–Trinajstić information content (AvgIpc) is 3.17. The summed E-state index contributed by atoms with van der Waals surface area (Å²) in [7, 11) is 4.66.